The maximum Gasteiger partial charge on any atom is 0.410 e. The van der Waals surface area contributed by atoms with Gasteiger partial charge in [-0.3, -0.25) is 9.59 Å². The minimum Gasteiger partial charge on any atom is -0.444 e. The van der Waals surface area contributed by atoms with Crippen molar-refractivity contribution >= 4 is 23.5 Å². The Balaban J connectivity index is 1.89. The Hall–Kier alpha value is -3.34. The highest BCUT2D eigenvalue weighted by Gasteiger charge is 2.26. The zero-order chi connectivity index (χ0) is 22.3. The van der Waals surface area contributed by atoms with E-state index in [2.05, 4.69) is 10.6 Å². The van der Waals surface area contributed by atoms with Crippen LogP contribution in [0.2, 0.25) is 0 Å². The smallest absolute Gasteiger partial charge is 0.410 e. The fourth-order valence-electron chi connectivity index (χ4n) is 2.92. The Morgan fingerprint density at radius 2 is 1.90 bits per heavy atom. The van der Waals surface area contributed by atoms with E-state index in [9.17, 15) is 19.6 Å². The second-order valence-electron chi connectivity index (χ2n) is 8.17. The third-order valence-corrected chi connectivity index (χ3v) is 4.50. The van der Waals surface area contributed by atoms with E-state index in [-0.39, 0.29) is 23.5 Å². The monoisotopic (exact) mass is 412 g/mol. The molecule has 1 aromatic rings. The molecule has 8 heteroatoms. The number of Topliss-reactive ketones (excluding diaryl/α,β-unsaturated/α-hetero) is 1. The molecular formula is C22H28N4O4. The van der Waals surface area contributed by atoms with Gasteiger partial charge < -0.3 is 20.3 Å². The van der Waals surface area contributed by atoms with Gasteiger partial charge in [0.25, 0.3) is 5.91 Å². The number of ether oxygens (including phenoxy) is 1. The molecule has 0 atom stereocenters. The van der Waals surface area contributed by atoms with Gasteiger partial charge in [-0.15, -0.1) is 0 Å². The fraction of sp³-hybridized carbons (Fsp3) is 0.455. The van der Waals surface area contributed by atoms with Gasteiger partial charge in [0, 0.05) is 36.6 Å². The molecule has 0 aliphatic carbocycles. The summed E-state index contributed by atoms with van der Waals surface area (Å²) in [5, 5.41) is 15.1. The summed E-state index contributed by atoms with van der Waals surface area (Å²) in [5.74, 6) is -0.668. The van der Waals surface area contributed by atoms with Gasteiger partial charge in [-0.05, 0) is 52.7 Å². The molecule has 1 saturated heterocycles. The van der Waals surface area contributed by atoms with Crippen LogP contribution >= 0.6 is 0 Å². The van der Waals surface area contributed by atoms with Crippen LogP contribution in [0.4, 0.5) is 10.5 Å². The van der Waals surface area contributed by atoms with E-state index < -0.39 is 11.5 Å². The van der Waals surface area contributed by atoms with Crippen LogP contribution in [0.15, 0.2) is 36.0 Å². The van der Waals surface area contributed by atoms with Crippen molar-refractivity contribution < 1.29 is 19.1 Å². The average Bonchev–Trinajstić information content (AvgIpc) is 2.67. The van der Waals surface area contributed by atoms with Crippen molar-refractivity contribution in [2.24, 2.45) is 0 Å². The molecule has 1 aliphatic heterocycles. The highest BCUT2D eigenvalue weighted by molar-refractivity contribution is 6.07. The van der Waals surface area contributed by atoms with Crippen LogP contribution in [0, 0.1) is 11.3 Å². The summed E-state index contributed by atoms with van der Waals surface area (Å²) in [6, 6.07) is 8.47. The molecule has 1 heterocycles. The number of nitriles is 1. The molecule has 0 radical (unpaired) electrons. The average molecular weight is 412 g/mol. The SMILES string of the molecule is CC(=O)c1cccc(NC(=O)/C(C#N)=C\NC2CCN(C(=O)OC(C)(C)C)CC2)c1. The molecule has 1 aliphatic rings. The second kappa shape index (κ2) is 9.92. The van der Waals surface area contributed by atoms with E-state index in [0.717, 1.165) is 0 Å². The molecule has 0 spiro atoms. The zero-order valence-electron chi connectivity index (χ0n) is 17.8. The molecule has 0 unspecified atom stereocenters. The van der Waals surface area contributed by atoms with Crippen LogP contribution in [0.3, 0.4) is 0 Å². The number of piperidine rings is 1. The number of amides is 2. The van der Waals surface area contributed by atoms with E-state index in [4.69, 9.17) is 4.74 Å². The molecule has 0 saturated carbocycles. The van der Waals surface area contributed by atoms with Gasteiger partial charge in [-0.25, -0.2) is 4.79 Å². The van der Waals surface area contributed by atoms with Crippen molar-refractivity contribution in [3.05, 3.63) is 41.6 Å². The van der Waals surface area contributed by atoms with Crippen LogP contribution < -0.4 is 10.6 Å². The summed E-state index contributed by atoms with van der Waals surface area (Å²) in [7, 11) is 0. The van der Waals surface area contributed by atoms with Gasteiger partial charge in [0.2, 0.25) is 0 Å². The number of hydrogen-bond donors (Lipinski definition) is 2. The number of nitrogens with one attached hydrogen (secondary N) is 2. The Morgan fingerprint density at radius 1 is 1.23 bits per heavy atom. The Bertz CT molecular complexity index is 872. The largest absolute Gasteiger partial charge is 0.444 e. The Labute approximate surface area is 176 Å². The highest BCUT2D eigenvalue weighted by atomic mass is 16.6. The van der Waals surface area contributed by atoms with Gasteiger partial charge in [0.15, 0.2) is 5.78 Å². The lowest BCUT2D eigenvalue weighted by atomic mass is 10.1. The topological polar surface area (TPSA) is 112 Å². The zero-order valence-corrected chi connectivity index (χ0v) is 17.8. The predicted molar refractivity (Wildman–Crippen MR) is 113 cm³/mol. The van der Waals surface area contributed by atoms with Crippen molar-refractivity contribution in [2.75, 3.05) is 18.4 Å². The Kier molecular flexibility index (Phi) is 7.59. The van der Waals surface area contributed by atoms with Crippen molar-refractivity contribution in [3.8, 4) is 6.07 Å². The van der Waals surface area contributed by atoms with Crippen LogP contribution in [0.1, 0.15) is 50.9 Å². The number of anilines is 1. The van der Waals surface area contributed by atoms with Gasteiger partial charge >= 0.3 is 6.09 Å². The summed E-state index contributed by atoms with van der Waals surface area (Å²) < 4.78 is 5.38. The quantitative estimate of drug-likeness (QED) is 0.436. The van der Waals surface area contributed by atoms with Gasteiger partial charge in [0.05, 0.1) is 0 Å². The minimum absolute atomic E-state index is 0.0425. The van der Waals surface area contributed by atoms with Gasteiger partial charge in [0.1, 0.15) is 17.2 Å². The lowest BCUT2D eigenvalue weighted by Gasteiger charge is -2.33. The summed E-state index contributed by atoms with van der Waals surface area (Å²) in [5.41, 5.74) is 0.316. The van der Waals surface area contributed by atoms with Gasteiger partial charge in [-0.2, -0.15) is 5.26 Å². The first-order chi connectivity index (χ1) is 14.1. The molecule has 1 aromatic carbocycles. The summed E-state index contributed by atoms with van der Waals surface area (Å²) in [6.07, 6.45) is 2.42. The number of rotatable bonds is 5. The van der Waals surface area contributed by atoms with Crippen LogP contribution in [0.5, 0.6) is 0 Å². The lowest BCUT2D eigenvalue weighted by molar-refractivity contribution is -0.112. The van der Waals surface area contributed by atoms with E-state index in [0.29, 0.717) is 37.2 Å². The standard InChI is InChI=1S/C22H28N4O4/c1-15(27)16-6-5-7-19(12-16)25-20(28)17(13-23)14-24-18-8-10-26(11-9-18)21(29)30-22(2,3)4/h5-7,12,14,18,24H,8-11H2,1-4H3,(H,25,28)/b17-14-. The van der Waals surface area contributed by atoms with Crippen LogP contribution in [-0.2, 0) is 9.53 Å². The molecule has 8 nitrogen and oxygen atoms in total. The first kappa shape index (κ1) is 22.9. The van der Waals surface area contributed by atoms with E-state index in [1.165, 1.54) is 13.1 Å². The van der Waals surface area contributed by atoms with Crippen molar-refractivity contribution in [2.45, 2.75) is 52.2 Å². The second-order valence-corrected chi connectivity index (χ2v) is 8.17. The molecule has 2 rings (SSSR count). The Morgan fingerprint density at radius 3 is 2.47 bits per heavy atom. The summed E-state index contributed by atoms with van der Waals surface area (Å²) >= 11 is 0. The summed E-state index contributed by atoms with van der Waals surface area (Å²) in [6.45, 7) is 8.00. The molecule has 1 fully saturated rings. The number of ketones is 1. The third-order valence-electron chi connectivity index (χ3n) is 4.50. The number of hydrogen-bond acceptors (Lipinski definition) is 6. The number of carbonyl (C=O) groups is 3. The van der Waals surface area contributed by atoms with E-state index in [1.807, 2.05) is 26.8 Å². The van der Waals surface area contributed by atoms with Crippen molar-refractivity contribution in [1.29, 1.82) is 5.26 Å². The third kappa shape index (κ3) is 6.92. The number of benzene rings is 1. The van der Waals surface area contributed by atoms with Crippen molar-refractivity contribution in [3.63, 3.8) is 0 Å². The lowest BCUT2D eigenvalue weighted by Crippen LogP contribution is -2.45. The maximum atomic E-state index is 12.4. The molecule has 0 bridgehead atoms. The number of carbonyl (C=O) groups excluding carboxylic acids is 3. The van der Waals surface area contributed by atoms with Crippen molar-refractivity contribution in [1.82, 2.24) is 10.2 Å². The molecule has 2 amide bonds. The minimum atomic E-state index is -0.558. The fourth-order valence-corrected chi connectivity index (χ4v) is 2.92. The normalized spacial score (nSPS) is 15.2. The molecule has 2 N–H and O–H groups in total. The summed E-state index contributed by atoms with van der Waals surface area (Å²) in [4.78, 5) is 37.6. The molecular weight excluding hydrogens is 384 g/mol. The predicted octanol–water partition coefficient (Wildman–Crippen LogP) is 3.22. The maximum absolute atomic E-state index is 12.4. The van der Waals surface area contributed by atoms with E-state index in [1.54, 1.807) is 29.2 Å². The van der Waals surface area contributed by atoms with Crippen LogP contribution in [0.25, 0.3) is 0 Å². The van der Waals surface area contributed by atoms with E-state index >= 15 is 0 Å². The first-order valence-corrected chi connectivity index (χ1v) is 9.85. The van der Waals surface area contributed by atoms with Gasteiger partial charge in [-0.1, -0.05) is 12.1 Å². The molecule has 0 aromatic heterocycles. The number of nitrogens with zero attached hydrogens (tertiary/aromatic N) is 2. The van der Waals surface area contributed by atoms with Crippen LogP contribution in [-0.4, -0.2) is 47.4 Å². The first-order valence-electron chi connectivity index (χ1n) is 9.85. The molecule has 160 valence electrons. The molecule has 30 heavy (non-hydrogen) atoms. The highest BCUT2D eigenvalue weighted by Crippen LogP contribution is 2.16. The number of likely N-dealkylation sites (tertiary alicyclic amines) is 1.